The summed E-state index contributed by atoms with van der Waals surface area (Å²) in [4.78, 5) is 0. The number of nitrogens with zero attached hydrogens (tertiary/aromatic N) is 4. The van der Waals surface area contributed by atoms with Gasteiger partial charge in [-0.05, 0) is 30.7 Å². The summed E-state index contributed by atoms with van der Waals surface area (Å²) in [5, 5.41) is 13.4. The molecule has 0 saturated heterocycles. The number of rotatable bonds is 4. The Labute approximate surface area is 121 Å². The molecule has 0 N–H and O–H groups in total. The molecule has 3 aromatic rings. The van der Waals surface area contributed by atoms with Crippen LogP contribution in [0.25, 0.3) is 5.82 Å². The lowest BCUT2D eigenvalue weighted by Crippen LogP contribution is -1.99. The summed E-state index contributed by atoms with van der Waals surface area (Å²) in [5.41, 5.74) is 2.57. The van der Waals surface area contributed by atoms with Crippen molar-refractivity contribution in [2.24, 2.45) is 0 Å². The van der Waals surface area contributed by atoms with Crippen molar-refractivity contribution in [2.75, 3.05) is 0 Å². The van der Waals surface area contributed by atoms with Crippen molar-refractivity contribution in [3.8, 4) is 5.82 Å². The minimum Gasteiger partial charge on any atom is -0.221 e. The average molecular weight is 282 g/mol. The van der Waals surface area contributed by atoms with E-state index >= 15 is 0 Å². The van der Waals surface area contributed by atoms with Crippen molar-refractivity contribution in [1.82, 2.24) is 20.0 Å². The van der Waals surface area contributed by atoms with Crippen LogP contribution in [0.3, 0.4) is 0 Å². The third-order valence-electron chi connectivity index (χ3n) is 2.87. The molecule has 2 heterocycles. The highest BCUT2D eigenvalue weighted by atomic mass is 32.2. The Hall–Kier alpha value is -2.14. The maximum atomic E-state index is 4.22. The number of aromatic nitrogens is 4. The SMILES string of the molecule is Cc1ccc(CSc2ccc(-n3cccn3)nn2)cc1. The third-order valence-corrected chi connectivity index (χ3v) is 3.86. The molecule has 0 aliphatic rings. The first-order chi connectivity index (χ1) is 9.81. The molecular formula is C15H14N4S. The summed E-state index contributed by atoms with van der Waals surface area (Å²) in [7, 11) is 0. The lowest BCUT2D eigenvalue weighted by molar-refractivity contribution is 0.792. The lowest BCUT2D eigenvalue weighted by Gasteiger charge is -2.03. The van der Waals surface area contributed by atoms with Crippen LogP contribution >= 0.6 is 11.8 Å². The molecule has 5 heteroatoms. The topological polar surface area (TPSA) is 43.6 Å². The molecule has 1 aromatic carbocycles. The zero-order chi connectivity index (χ0) is 13.8. The molecular weight excluding hydrogens is 268 g/mol. The molecule has 3 rings (SSSR count). The average Bonchev–Trinajstić information content (AvgIpc) is 3.01. The lowest BCUT2D eigenvalue weighted by atomic mass is 10.2. The summed E-state index contributed by atoms with van der Waals surface area (Å²) in [6.45, 7) is 2.09. The van der Waals surface area contributed by atoms with E-state index in [-0.39, 0.29) is 0 Å². The molecule has 100 valence electrons. The minimum atomic E-state index is 0.731. The van der Waals surface area contributed by atoms with Gasteiger partial charge in [-0.15, -0.1) is 10.2 Å². The molecule has 4 nitrogen and oxygen atoms in total. The van der Waals surface area contributed by atoms with E-state index in [0.29, 0.717) is 0 Å². The van der Waals surface area contributed by atoms with Gasteiger partial charge in [-0.1, -0.05) is 41.6 Å². The quantitative estimate of drug-likeness (QED) is 0.689. The Bertz CT molecular complexity index is 660. The van der Waals surface area contributed by atoms with Crippen LogP contribution in [0.2, 0.25) is 0 Å². The van der Waals surface area contributed by atoms with Gasteiger partial charge < -0.3 is 0 Å². The van der Waals surface area contributed by atoms with Crippen molar-refractivity contribution in [1.29, 1.82) is 0 Å². The summed E-state index contributed by atoms with van der Waals surface area (Å²) in [5.74, 6) is 1.63. The number of hydrogen-bond donors (Lipinski definition) is 0. The largest absolute Gasteiger partial charge is 0.221 e. The Balaban J connectivity index is 1.65. The maximum absolute atomic E-state index is 4.22. The van der Waals surface area contributed by atoms with Gasteiger partial charge in [0.1, 0.15) is 5.03 Å². The first kappa shape index (κ1) is 12.9. The minimum absolute atomic E-state index is 0.731. The van der Waals surface area contributed by atoms with Crippen LogP contribution < -0.4 is 0 Å². The van der Waals surface area contributed by atoms with Crippen LogP contribution in [0.5, 0.6) is 0 Å². The Morgan fingerprint density at radius 1 is 1.05 bits per heavy atom. The highest BCUT2D eigenvalue weighted by Crippen LogP contribution is 2.20. The highest BCUT2D eigenvalue weighted by Gasteiger charge is 2.01. The fraction of sp³-hybridized carbons (Fsp3) is 0.133. The van der Waals surface area contributed by atoms with E-state index in [1.54, 1.807) is 22.6 Å². The molecule has 0 fully saturated rings. The first-order valence-electron chi connectivity index (χ1n) is 6.33. The summed E-state index contributed by atoms with van der Waals surface area (Å²) < 4.78 is 1.70. The van der Waals surface area contributed by atoms with Gasteiger partial charge in [0.05, 0.1) is 0 Å². The fourth-order valence-electron chi connectivity index (χ4n) is 1.76. The van der Waals surface area contributed by atoms with Crippen LogP contribution in [-0.2, 0) is 5.75 Å². The molecule has 0 aliphatic carbocycles. The molecule has 0 amide bonds. The zero-order valence-corrected chi connectivity index (χ0v) is 11.9. The Kier molecular flexibility index (Phi) is 3.78. The summed E-state index contributed by atoms with van der Waals surface area (Å²) in [6.07, 6.45) is 3.57. The van der Waals surface area contributed by atoms with E-state index in [1.165, 1.54) is 11.1 Å². The van der Waals surface area contributed by atoms with Gasteiger partial charge in [-0.3, -0.25) is 0 Å². The zero-order valence-electron chi connectivity index (χ0n) is 11.1. The highest BCUT2D eigenvalue weighted by molar-refractivity contribution is 7.98. The second kappa shape index (κ2) is 5.88. The molecule has 0 saturated carbocycles. The molecule has 20 heavy (non-hydrogen) atoms. The number of aryl methyl sites for hydroxylation is 1. The van der Waals surface area contributed by atoms with Gasteiger partial charge >= 0.3 is 0 Å². The van der Waals surface area contributed by atoms with E-state index in [1.807, 2.05) is 24.4 Å². The third kappa shape index (κ3) is 3.05. The van der Waals surface area contributed by atoms with Crippen LogP contribution in [0.15, 0.2) is 59.9 Å². The number of hydrogen-bond acceptors (Lipinski definition) is 4. The summed E-state index contributed by atoms with van der Waals surface area (Å²) >= 11 is 1.68. The standard InChI is InChI=1S/C15H14N4S/c1-12-3-5-13(6-4-12)11-20-15-8-7-14(17-18-15)19-10-2-9-16-19/h2-10H,11H2,1H3. The smallest absolute Gasteiger partial charge is 0.175 e. The van der Waals surface area contributed by atoms with Crippen LogP contribution in [0.4, 0.5) is 0 Å². The van der Waals surface area contributed by atoms with Gasteiger partial charge in [0.25, 0.3) is 0 Å². The van der Waals surface area contributed by atoms with Crippen LogP contribution in [0, 0.1) is 6.92 Å². The van der Waals surface area contributed by atoms with Gasteiger partial charge in [0, 0.05) is 18.1 Å². The van der Waals surface area contributed by atoms with Crippen molar-refractivity contribution in [2.45, 2.75) is 17.7 Å². The Morgan fingerprint density at radius 3 is 2.55 bits per heavy atom. The van der Waals surface area contributed by atoms with E-state index in [0.717, 1.165) is 16.6 Å². The number of benzene rings is 1. The van der Waals surface area contributed by atoms with Crippen molar-refractivity contribution in [3.05, 3.63) is 66.0 Å². The molecule has 0 atom stereocenters. The maximum Gasteiger partial charge on any atom is 0.175 e. The van der Waals surface area contributed by atoms with Crippen LogP contribution in [0.1, 0.15) is 11.1 Å². The van der Waals surface area contributed by atoms with Crippen molar-refractivity contribution < 1.29 is 0 Å². The second-order valence-electron chi connectivity index (χ2n) is 4.45. The normalized spacial score (nSPS) is 10.7. The molecule has 0 aliphatic heterocycles. The van der Waals surface area contributed by atoms with Crippen molar-refractivity contribution in [3.63, 3.8) is 0 Å². The first-order valence-corrected chi connectivity index (χ1v) is 7.32. The number of thioether (sulfide) groups is 1. The molecule has 2 aromatic heterocycles. The van der Waals surface area contributed by atoms with E-state index in [9.17, 15) is 0 Å². The van der Waals surface area contributed by atoms with Crippen molar-refractivity contribution >= 4 is 11.8 Å². The predicted octanol–water partition coefficient (Wildman–Crippen LogP) is 3.26. The van der Waals surface area contributed by atoms with E-state index in [2.05, 4.69) is 46.5 Å². The second-order valence-corrected chi connectivity index (χ2v) is 5.45. The van der Waals surface area contributed by atoms with Gasteiger partial charge in [0.15, 0.2) is 5.82 Å². The Morgan fingerprint density at radius 2 is 1.90 bits per heavy atom. The predicted molar refractivity (Wildman–Crippen MR) is 79.9 cm³/mol. The van der Waals surface area contributed by atoms with Crippen LogP contribution in [-0.4, -0.2) is 20.0 Å². The van der Waals surface area contributed by atoms with Gasteiger partial charge in [-0.25, -0.2) is 4.68 Å². The monoisotopic (exact) mass is 282 g/mol. The van der Waals surface area contributed by atoms with E-state index in [4.69, 9.17) is 0 Å². The fourth-order valence-corrected chi connectivity index (χ4v) is 2.53. The molecule has 0 spiro atoms. The van der Waals surface area contributed by atoms with Gasteiger partial charge in [0.2, 0.25) is 0 Å². The summed E-state index contributed by atoms with van der Waals surface area (Å²) in [6, 6.07) is 14.3. The van der Waals surface area contributed by atoms with E-state index < -0.39 is 0 Å². The molecule has 0 unspecified atom stereocenters. The van der Waals surface area contributed by atoms with Gasteiger partial charge in [-0.2, -0.15) is 5.10 Å². The molecule has 0 radical (unpaired) electrons. The molecule has 0 bridgehead atoms.